The highest BCUT2D eigenvalue weighted by atomic mass is 35.5. The summed E-state index contributed by atoms with van der Waals surface area (Å²) in [5.41, 5.74) is 2.68. The number of aryl methyl sites for hydroxylation is 1. The van der Waals surface area contributed by atoms with E-state index in [-0.39, 0.29) is 0 Å². The summed E-state index contributed by atoms with van der Waals surface area (Å²) < 4.78 is 5.70. The Morgan fingerprint density at radius 1 is 1.18 bits per heavy atom. The van der Waals surface area contributed by atoms with Crippen molar-refractivity contribution in [3.63, 3.8) is 0 Å². The molecule has 2 heterocycles. The molecule has 0 amide bonds. The van der Waals surface area contributed by atoms with Crippen LogP contribution in [0.4, 0.5) is 0 Å². The number of fused-ring (bicyclic) bond motifs is 1. The summed E-state index contributed by atoms with van der Waals surface area (Å²) in [7, 11) is 0. The molecule has 3 aromatic rings. The zero-order valence-electron chi connectivity index (χ0n) is 9.14. The number of hydrogen-bond acceptors (Lipinski definition) is 3. The molecule has 0 aliphatic carbocycles. The molecule has 0 N–H and O–H groups in total. The molecule has 0 bridgehead atoms. The molecule has 3 nitrogen and oxygen atoms in total. The first kappa shape index (κ1) is 10.3. The fraction of sp³-hybridized carbons (Fsp3) is 0.0769. The monoisotopic (exact) mass is 244 g/mol. The Morgan fingerprint density at radius 3 is 2.88 bits per heavy atom. The second-order valence-corrected chi connectivity index (χ2v) is 4.27. The molecule has 3 rings (SSSR count). The summed E-state index contributed by atoms with van der Waals surface area (Å²) in [5.74, 6) is 0.681. The molecule has 0 aliphatic heterocycles. The van der Waals surface area contributed by atoms with Gasteiger partial charge < -0.3 is 4.42 Å². The molecular formula is C13H9ClN2O. The Bertz CT molecular complexity index is 691. The van der Waals surface area contributed by atoms with Gasteiger partial charge in [-0.25, -0.2) is 4.98 Å². The van der Waals surface area contributed by atoms with Gasteiger partial charge in [-0.3, -0.25) is 4.98 Å². The molecule has 0 atom stereocenters. The fourth-order valence-corrected chi connectivity index (χ4v) is 1.90. The zero-order chi connectivity index (χ0) is 11.8. The number of benzene rings is 1. The van der Waals surface area contributed by atoms with Gasteiger partial charge >= 0.3 is 0 Å². The van der Waals surface area contributed by atoms with Gasteiger partial charge in [-0.1, -0.05) is 23.2 Å². The topological polar surface area (TPSA) is 38.9 Å². The maximum Gasteiger partial charge on any atom is 0.155 e. The molecule has 0 aliphatic rings. The van der Waals surface area contributed by atoms with Crippen molar-refractivity contribution in [3.05, 3.63) is 47.4 Å². The van der Waals surface area contributed by atoms with E-state index in [1.807, 2.05) is 25.1 Å². The van der Waals surface area contributed by atoms with E-state index in [4.69, 9.17) is 16.0 Å². The molecule has 0 radical (unpaired) electrons. The first-order chi connectivity index (χ1) is 8.22. The van der Waals surface area contributed by atoms with Crippen LogP contribution in [0.2, 0.25) is 5.15 Å². The molecule has 0 unspecified atom stereocenters. The summed E-state index contributed by atoms with van der Waals surface area (Å²) >= 11 is 5.80. The van der Waals surface area contributed by atoms with Crippen LogP contribution < -0.4 is 0 Å². The molecule has 4 heteroatoms. The van der Waals surface area contributed by atoms with E-state index in [1.165, 1.54) is 11.8 Å². The van der Waals surface area contributed by atoms with Crippen molar-refractivity contribution in [2.24, 2.45) is 0 Å². The second-order valence-electron chi connectivity index (χ2n) is 3.88. The molecule has 0 saturated heterocycles. The first-order valence-electron chi connectivity index (χ1n) is 5.20. The smallest absolute Gasteiger partial charge is 0.155 e. The van der Waals surface area contributed by atoms with Crippen LogP contribution in [0.1, 0.15) is 5.56 Å². The van der Waals surface area contributed by atoms with Crippen molar-refractivity contribution in [2.45, 2.75) is 6.92 Å². The lowest BCUT2D eigenvalue weighted by atomic mass is 10.2. The van der Waals surface area contributed by atoms with E-state index >= 15 is 0 Å². The number of rotatable bonds is 1. The normalized spacial score (nSPS) is 10.9. The number of furan rings is 1. The second kappa shape index (κ2) is 3.86. The average Bonchev–Trinajstić information content (AvgIpc) is 2.72. The van der Waals surface area contributed by atoms with E-state index < -0.39 is 0 Å². The highest BCUT2D eigenvalue weighted by Crippen LogP contribution is 2.27. The predicted octanol–water partition coefficient (Wildman–Crippen LogP) is 3.85. The molecule has 0 spiro atoms. The first-order valence-corrected chi connectivity index (χ1v) is 5.58. The fourth-order valence-electron chi connectivity index (χ4n) is 1.75. The van der Waals surface area contributed by atoms with Crippen LogP contribution in [0.5, 0.6) is 0 Å². The van der Waals surface area contributed by atoms with Gasteiger partial charge in [0.05, 0.1) is 12.4 Å². The van der Waals surface area contributed by atoms with Gasteiger partial charge in [-0.15, -0.1) is 0 Å². The average molecular weight is 245 g/mol. The van der Waals surface area contributed by atoms with Crippen LogP contribution in [0, 0.1) is 6.92 Å². The SMILES string of the molecule is Cc1ccc2oc(-c3cncc(Cl)n3)cc2c1. The van der Waals surface area contributed by atoms with E-state index in [9.17, 15) is 0 Å². The van der Waals surface area contributed by atoms with Crippen molar-refractivity contribution in [2.75, 3.05) is 0 Å². The largest absolute Gasteiger partial charge is 0.454 e. The lowest BCUT2D eigenvalue weighted by Crippen LogP contribution is -1.83. The highest BCUT2D eigenvalue weighted by Gasteiger charge is 2.08. The van der Waals surface area contributed by atoms with Gasteiger partial charge in [0.2, 0.25) is 0 Å². The van der Waals surface area contributed by atoms with Gasteiger partial charge in [-0.05, 0) is 25.1 Å². The standard InChI is InChI=1S/C13H9ClN2O/c1-8-2-3-11-9(4-8)5-12(17-11)10-6-15-7-13(14)16-10/h2-7H,1H3. The third-order valence-electron chi connectivity index (χ3n) is 2.53. The zero-order valence-corrected chi connectivity index (χ0v) is 9.90. The van der Waals surface area contributed by atoms with Gasteiger partial charge in [0.1, 0.15) is 16.4 Å². The molecular weight excluding hydrogens is 236 g/mol. The minimum atomic E-state index is 0.360. The van der Waals surface area contributed by atoms with Gasteiger partial charge in [-0.2, -0.15) is 0 Å². The van der Waals surface area contributed by atoms with Gasteiger partial charge in [0.25, 0.3) is 0 Å². The van der Waals surface area contributed by atoms with Crippen LogP contribution in [0.3, 0.4) is 0 Å². The maximum absolute atomic E-state index is 5.80. The van der Waals surface area contributed by atoms with E-state index in [0.29, 0.717) is 16.6 Å². The summed E-state index contributed by atoms with van der Waals surface area (Å²) in [6.45, 7) is 2.05. The lowest BCUT2D eigenvalue weighted by Gasteiger charge is -1.94. The number of hydrogen-bond donors (Lipinski definition) is 0. The van der Waals surface area contributed by atoms with Gasteiger partial charge in [0.15, 0.2) is 5.76 Å². The maximum atomic E-state index is 5.80. The molecule has 1 aromatic carbocycles. The quantitative estimate of drug-likeness (QED) is 0.653. The summed E-state index contributed by atoms with van der Waals surface area (Å²) in [6.07, 6.45) is 3.13. The summed E-state index contributed by atoms with van der Waals surface area (Å²) in [5, 5.41) is 1.42. The summed E-state index contributed by atoms with van der Waals surface area (Å²) in [4.78, 5) is 8.16. The van der Waals surface area contributed by atoms with Crippen LogP contribution in [-0.2, 0) is 0 Å². The van der Waals surface area contributed by atoms with Crippen molar-refractivity contribution in [1.82, 2.24) is 9.97 Å². The highest BCUT2D eigenvalue weighted by molar-refractivity contribution is 6.29. The Hall–Kier alpha value is -1.87. The molecule has 0 saturated carbocycles. The minimum absolute atomic E-state index is 0.360. The summed E-state index contributed by atoms with van der Waals surface area (Å²) in [6, 6.07) is 7.98. The molecule has 17 heavy (non-hydrogen) atoms. The molecule has 0 fully saturated rings. The van der Waals surface area contributed by atoms with Crippen LogP contribution in [0.25, 0.3) is 22.4 Å². The van der Waals surface area contributed by atoms with Crippen LogP contribution in [-0.4, -0.2) is 9.97 Å². The van der Waals surface area contributed by atoms with Crippen LogP contribution >= 0.6 is 11.6 Å². The van der Waals surface area contributed by atoms with E-state index in [2.05, 4.69) is 16.0 Å². The third kappa shape index (κ3) is 1.89. The third-order valence-corrected chi connectivity index (χ3v) is 2.71. The van der Waals surface area contributed by atoms with Gasteiger partial charge in [0, 0.05) is 5.39 Å². The number of halogens is 1. The van der Waals surface area contributed by atoms with E-state index in [1.54, 1.807) is 6.20 Å². The number of aromatic nitrogens is 2. The Balaban J connectivity index is 2.18. The van der Waals surface area contributed by atoms with E-state index in [0.717, 1.165) is 11.0 Å². The minimum Gasteiger partial charge on any atom is -0.454 e. The van der Waals surface area contributed by atoms with Crippen LogP contribution in [0.15, 0.2) is 41.1 Å². The van der Waals surface area contributed by atoms with Crippen molar-refractivity contribution in [1.29, 1.82) is 0 Å². The van der Waals surface area contributed by atoms with Crippen molar-refractivity contribution in [3.8, 4) is 11.5 Å². The lowest BCUT2D eigenvalue weighted by molar-refractivity contribution is 0.628. The number of nitrogens with zero attached hydrogens (tertiary/aromatic N) is 2. The van der Waals surface area contributed by atoms with Crippen molar-refractivity contribution < 1.29 is 4.42 Å². The predicted molar refractivity (Wildman–Crippen MR) is 67.0 cm³/mol. The Labute approximate surface area is 103 Å². The molecule has 84 valence electrons. The molecule has 2 aromatic heterocycles. The Morgan fingerprint density at radius 2 is 2.06 bits per heavy atom. The Kier molecular flexibility index (Phi) is 2.34. The van der Waals surface area contributed by atoms with Crippen molar-refractivity contribution >= 4 is 22.6 Å².